The van der Waals surface area contributed by atoms with Crippen LogP contribution >= 0.6 is 0 Å². The standard InChI is InChI=1S/C12H14F2O3/c1-2-17-12(15)8-16-6-5-9-7-10(13)3-4-11(9)14/h3-4,7H,2,5-6,8H2,1H3. The Labute approximate surface area is 98.3 Å². The van der Waals surface area contributed by atoms with E-state index in [4.69, 9.17) is 4.74 Å². The van der Waals surface area contributed by atoms with Gasteiger partial charge in [0.05, 0.1) is 13.2 Å². The lowest BCUT2D eigenvalue weighted by Gasteiger charge is -2.05. The minimum Gasteiger partial charge on any atom is -0.464 e. The van der Waals surface area contributed by atoms with Gasteiger partial charge in [0.1, 0.15) is 18.2 Å². The summed E-state index contributed by atoms with van der Waals surface area (Å²) >= 11 is 0. The first kappa shape index (κ1) is 13.6. The van der Waals surface area contributed by atoms with Crippen molar-refractivity contribution in [3.05, 3.63) is 35.4 Å². The molecule has 0 fully saturated rings. The zero-order chi connectivity index (χ0) is 12.7. The molecule has 0 aliphatic carbocycles. The molecule has 0 aliphatic heterocycles. The zero-order valence-electron chi connectivity index (χ0n) is 9.54. The molecule has 17 heavy (non-hydrogen) atoms. The molecule has 0 N–H and O–H groups in total. The van der Waals surface area contributed by atoms with Gasteiger partial charge < -0.3 is 9.47 Å². The number of hydrogen-bond acceptors (Lipinski definition) is 3. The predicted octanol–water partition coefficient (Wildman–Crippen LogP) is 2.09. The summed E-state index contributed by atoms with van der Waals surface area (Å²) < 4.78 is 35.6. The highest BCUT2D eigenvalue weighted by atomic mass is 19.1. The van der Waals surface area contributed by atoms with E-state index in [1.165, 1.54) is 0 Å². The Hall–Kier alpha value is -1.49. The van der Waals surface area contributed by atoms with E-state index >= 15 is 0 Å². The molecular weight excluding hydrogens is 230 g/mol. The molecule has 1 aromatic rings. The highest BCUT2D eigenvalue weighted by Crippen LogP contribution is 2.10. The third-order valence-corrected chi connectivity index (χ3v) is 2.05. The maximum absolute atomic E-state index is 13.2. The van der Waals surface area contributed by atoms with Gasteiger partial charge in [-0.05, 0) is 37.1 Å². The average Bonchev–Trinajstić information content (AvgIpc) is 2.29. The van der Waals surface area contributed by atoms with Crippen LogP contribution in [0.25, 0.3) is 0 Å². The van der Waals surface area contributed by atoms with Gasteiger partial charge in [-0.3, -0.25) is 0 Å². The van der Waals surface area contributed by atoms with Crippen molar-refractivity contribution in [2.45, 2.75) is 13.3 Å². The number of carbonyl (C=O) groups is 1. The third-order valence-electron chi connectivity index (χ3n) is 2.05. The maximum atomic E-state index is 13.2. The molecule has 0 atom stereocenters. The van der Waals surface area contributed by atoms with Crippen molar-refractivity contribution in [3.8, 4) is 0 Å². The minimum atomic E-state index is -0.494. The third kappa shape index (κ3) is 4.91. The minimum absolute atomic E-state index is 0.138. The van der Waals surface area contributed by atoms with Crippen LogP contribution in [-0.2, 0) is 20.7 Å². The average molecular weight is 244 g/mol. The van der Waals surface area contributed by atoms with E-state index < -0.39 is 17.6 Å². The molecule has 0 aliphatic rings. The summed E-state index contributed by atoms with van der Waals surface area (Å²) in [6, 6.07) is 3.23. The van der Waals surface area contributed by atoms with Gasteiger partial charge in [-0.25, -0.2) is 13.6 Å². The van der Waals surface area contributed by atoms with Crippen LogP contribution in [0.1, 0.15) is 12.5 Å². The Kier molecular flexibility index (Phi) is 5.56. The molecule has 0 saturated heterocycles. The summed E-state index contributed by atoms with van der Waals surface area (Å²) in [6.45, 7) is 1.95. The quantitative estimate of drug-likeness (QED) is 0.567. The lowest BCUT2D eigenvalue weighted by Crippen LogP contribution is -2.14. The Morgan fingerprint density at radius 1 is 1.35 bits per heavy atom. The first-order chi connectivity index (χ1) is 8.13. The molecular formula is C12H14F2O3. The largest absolute Gasteiger partial charge is 0.464 e. The summed E-state index contributed by atoms with van der Waals surface area (Å²) in [5.41, 5.74) is 0.230. The normalized spacial score (nSPS) is 10.3. The second-order valence-electron chi connectivity index (χ2n) is 3.34. The first-order valence-corrected chi connectivity index (χ1v) is 5.30. The molecule has 0 amide bonds. The second kappa shape index (κ2) is 6.96. The number of rotatable bonds is 6. The number of halogens is 2. The SMILES string of the molecule is CCOC(=O)COCCc1cc(F)ccc1F. The van der Waals surface area contributed by atoms with Crippen LogP contribution in [0.4, 0.5) is 8.78 Å². The second-order valence-corrected chi connectivity index (χ2v) is 3.34. The molecule has 0 heterocycles. The van der Waals surface area contributed by atoms with E-state index in [9.17, 15) is 13.6 Å². The zero-order valence-corrected chi connectivity index (χ0v) is 9.54. The highest BCUT2D eigenvalue weighted by Gasteiger charge is 2.05. The van der Waals surface area contributed by atoms with E-state index in [-0.39, 0.29) is 25.2 Å². The van der Waals surface area contributed by atoms with E-state index in [2.05, 4.69) is 4.74 Å². The molecule has 1 aromatic carbocycles. The molecule has 0 saturated carbocycles. The molecule has 0 unspecified atom stereocenters. The van der Waals surface area contributed by atoms with Crippen molar-refractivity contribution in [3.63, 3.8) is 0 Å². The van der Waals surface area contributed by atoms with Gasteiger partial charge in [0, 0.05) is 0 Å². The fourth-order valence-electron chi connectivity index (χ4n) is 1.28. The molecule has 0 bridgehead atoms. The summed E-state index contributed by atoms with van der Waals surface area (Å²) in [5, 5.41) is 0. The lowest BCUT2D eigenvalue weighted by molar-refractivity contribution is -0.148. The Morgan fingerprint density at radius 2 is 2.12 bits per heavy atom. The Morgan fingerprint density at radius 3 is 2.82 bits per heavy atom. The summed E-state index contributed by atoms with van der Waals surface area (Å²) in [7, 11) is 0. The van der Waals surface area contributed by atoms with Crippen molar-refractivity contribution < 1.29 is 23.0 Å². The van der Waals surface area contributed by atoms with Crippen molar-refractivity contribution in [1.82, 2.24) is 0 Å². The van der Waals surface area contributed by atoms with Crippen molar-refractivity contribution >= 4 is 5.97 Å². The van der Waals surface area contributed by atoms with Gasteiger partial charge in [0.25, 0.3) is 0 Å². The van der Waals surface area contributed by atoms with Crippen LogP contribution in [0.5, 0.6) is 0 Å². The summed E-state index contributed by atoms with van der Waals surface area (Å²) in [6.07, 6.45) is 0.211. The lowest BCUT2D eigenvalue weighted by atomic mass is 10.1. The highest BCUT2D eigenvalue weighted by molar-refractivity contribution is 5.70. The van der Waals surface area contributed by atoms with Gasteiger partial charge >= 0.3 is 5.97 Å². The number of ether oxygens (including phenoxy) is 2. The smallest absolute Gasteiger partial charge is 0.332 e. The van der Waals surface area contributed by atoms with Crippen LogP contribution in [0.15, 0.2) is 18.2 Å². The Balaban J connectivity index is 2.31. The van der Waals surface area contributed by atoms with Crippen LogP contribution in [0, 0.1) is 11.6 Å². The topological polar surface area (TPSA) is 35.5 Å². The van der Waals surface area contributed by atoms with Crippen molar-refractivity contribution in [1.29, 1.82) is 0 Å². The summed E-state index contributed by atoms with van der Waals surface area (Å²) in [4.78, 5) is 10.9. The van der Waals surface area contributed by atoms with Gasteiger partial charge in [-0.15, -0.1) is 0 Å². The van der Waals surface area contributed by atoms with Crippen LogP contribution in [0.3, 0.4) is 0 Å². The van der Waals surface area contributed by atoms with Crippen molar-refractivity contribution in [2.24, 2.45) is 0 Å². The van der Waals surface area contributed by atoms with E-state index in [1.807, 2.05) is 0 Å². The number of esters is 1. The van der Waals surface area contributed by atoms with Crippen LogP contribution < -0.4 is 0 Å². The molecule has 0 spiro atoms. The monoisotopic (exact) mass is 244 g/mol. The maximum Gasteiger partial charge on any atom is 0.332 e. The number of benzene rings is 1. The summed E-state index contributed by atoms with van der Waals surface area (Å²) in [5.74, 6) is -1.44. The van der Waals surface area contributed by atoms with E-state index in [1.54, 1.807) is 6.92 Å². The molecule has 3 nitrogen and oxygen atoms in total. The van der Waals surface area contributed by atoms with Crippen LogP contribution in [0.2, 0.25) is 0 Å². The molecule has 5 heteroatoms. The fraction of sp³-hybridized carbons (Fsp3) is 0.417. The first-order valence-electron chi connectivity index (χ1n) is 5.30. The molecule has 94 valence electrons. The fourth-order valence-corrected chi connectivity index (χ4v) is 1.28. The molecule has 0 radical (unpaired) electrons. The van der Waals surface area contributed by atoms with Gasteiger partial charge in [0.15, 0.2) is 0 Å². The number of carbonyl (C=O) groups excluding carboxylic acids is 1. The van der Waals surface area contributed by atoms with Gasteiger partial charge in [-0.1, -0.05) is 0 Å². The number of hydrogen-bond donors (Lipinski definition) is 0. The van der Waals surface area contributed by atoms with Gasteiger partial charge in [0.2, 0.25) is 0 Å². The van der Waals surface area contributed by atoms with Crippen LogP contribution in [-0.4, -0.2) is 25.8 Å². The van der Waals surface area contributed by atoms with E-state index in [0.717, 1.165) is 18.2 Å². The Bertz CT molecular complexity index is 380. The predicted molar refractivity (Wildman–Crippen MR) is 57.5 cm³/mol. The van der Waals surface area contributed by atoms with Gasteiger partial charge in [-0.2, -0.15) is 0 Å². The van der Waals surface area contributed by atoms with Crippen molar-refractivity contribution in [2.75, 3.05) is 19.8 Å². The molecule has 1 rings (SSSR count). The molecule has 0 aromatic heterocycles. The van der Waals surface area contributed by atoms with E-state index in [0.29, 0.717) is 6.61 Å².